The van der Waals surface area contributed by atoms with Gasteiger partial charge in [0.1, 0.15) is 11.5 Å². The summed E-state index contributed by atoms with van der Waals surface area (Å²) < 4.78 is 0. The van der Waals surface area contributed by atoms with Crippen LogP contribution >= 0.6 is 15.9 Å². The minimum absolute atomic E-state index is 0.00163. The van der Waals surface area contributed by atoms with Crippen molar-refractivity contribution in [3.63, 3.8) is 0 Å². The summed E-state index contributed by atoms with van der Waals surface area (Å²) in [6, 6.07) is 8.18. The number of hydrogen-bond acceptors (Lipinski definition) is 2. The molecule has 0 fully saturated rings. The number of carbonyl (C=O) groups is 1. The number of alkyl halides is 1. The maximum Gasteiger partial charge on any atom is 0.193 e. The Morgan fingerprint density at radius 2 is 1.95 bits per heavy atom. The maximum absolute atomic E-state index is 11.8. The summed E-state index contributed by atoms with van der Waals surface area (Å²) in [5.74, 6) is 0.760. The van der Waals surface area contributed by atoms with E-state index in [0.29, 0.717) is 11.0 Å². The van der Waals surface area contributed by atoms with Crippen molar-refractivity contribution in [1.29, 1.82) is 0 Å². The molecule has 0 bridgehead atoms. The third-order valence-corrected chi connectivity index (χ3v) is 3.77. The molecule has 0 amide bonds. The van der Waals surface area contributed by atoms with E-state index in [1.807, 2.05) is 25.1 Å². The van der Waals surface area contributed by atoms with Crippen molar-refractivity contribution >= 4 is 21.7 Å². The average Bonchev–Trinajstić information content (AvgIpc) is 2.79. The number of H-pyrrole nitrogens is 1. The molecule has 1 N–H and O–H groups in total. The summed E-state index contributed by atoms with van der Waals surface area (Å²) >= 11 is 3.19. The van der Waals surface area contributed by atoms with Crippen LogP contribution in [0, 0.1) is 6.92 Å². The van der Waals surface area contributed by atoms with Crippen molar-refractivity contribution in [2.24, 2.45) is 0 Å². The predicted molar refractivity (Wildman–Crippen MR) is 85.6 cm³/mol. The molecule has 0 aliphatic carbocycles. The molecule has 1 aromatic carbocycles. The van der Waals surface area contributed by atoms with Crippen LogP contribution in [0.1, 0.15) is 42.5 Å². The summed E-state index contributed by atoms with van der Waals surface area (Å²) in [6.07, 6.45) is 0. The van der Waals surface area contributed by atoms with Crippen molar-refractivity contribution in [3.05, 3.63) is 41.2 Å². The molecule has 20 heavy (non-hydrogen) atoms. The van der Waals surface area contributed by atoms with E-state index in [9.17, 15) is 4.79 Å². The molecule has 2 rings (SSSR count). The van der Waals surface area contributed by atoms with Crippen LogP contribution in [0.25, 0.3) is 11.4 Å². The molecule has 0 atom stereocenters. The molecule has 2 aromatic rings. The van der Waals surface area contributed by atoms with Gasteiger partial charge in [-0.25, -0.2) is 4.98 Å². The number of hydrogen-bond donors (Lipinski definition) is 1. The first-order chi connectivity index (χ1) is 9.34. The standard InChI is InChI=1S/C16H19BrN2O/c1-10-14(13(20)9-17)19-15(18-10)11-7-5-6-8-12(11)16(2,3)4/h5-8H,9H2,1-4H3,(H,18,19). The Morgan fingerprint density at radius 1 is 1.30 bits per heavy atom. The Hall–Kier alpha value is -1.42. The summed E-state index contributed by atoms with van der Waals surface area (Å²) in [6.45, 7) is 8.40. The van der Waals surface area contributed by atoms with Gasteiger partial charge in [0, 0.05) is 11.3 Å². The number of rotatable bonds is 3. The van der Waals surface area contributed by atoms with Crippen molar-refractivity contribution in [3.8, 4) is 11.4 Å². The minimum atomic E-state index is -0.00163. The van der Waals surface area contributed by atoms with Crippen LogP contribution < -0.4 is 0 Å². The van der Waals surface area contributed by atoms with E-state index in [0.717, 1.165) is 17.1 Å². The van der Waals surface area contributed by atoms with Gasteiger partial charge in [-0.15, -0.1) is 0 Å². The number of imidazole rings is 1. The van der Waals surface area contributed by atoms with Crippen LogP contribution in [0.4, 0.5) is 0 Å². The lowest BCUT2D eigenvalue weighted by Crippen LogP contribution is -2.12. The number of nitrogens with zero attached hydrogens (tertiary/aromatic N) is 1. The highest BCUT2D eigenvalue weighted by molar-refractivity contribution is 9.09. The fourth-order valence-electron chi connectivity index (χ4n) is 2.27. The Morgan fingerprint density at radius 3 is 2.55 bits per heavy atom. The van der Waals surface area contributed by atoms with Gasteiger partial charge in [0.05, 0.1) is 5.33 Å². The summed E-state index contributed by atoms with van der Waals surface area (Å²) in [4.78, 5) is 19.6. The highest BCUT2D eigenvalue weighted by atomic mass is 79.9. The van der Waals surface area contributed by atoms with E-state index in [1.54, 1.807) is 0 Å². The number of halogens is 1. The quantitative estimate of drug-likeness (QED) is 0.673. The van der Waals surface area contributed by atoms with Gasteiger partial charge in [-0.05, 0) is 17.9 Å². The monoisotopic (exact) mass is 334 g/mol. The van der Waals surface area contributed by atoms with Crippen molar-refractivity contribution < 1.29 is 4.79 Å². The molecule has 0 aliphatic heterocycles. The van der Waals surface area contributed by atoms with Crippen LogP contribution in [-0.2, 0) is 5.41 Å². The average molecular weight is 335 g/mol. The van der Waals surface area contributed by atoms with Crippen LogP contribution in [0.15, 0.2) is 24.3 Å². The highest BCUT2D eigenvalue weighted by Crippen LogP contribution is 2.31. The molecule has 106 valence electrons. The fourth-order valence-corrected chi connectivity index (χ4v) is 2.53. The zero-order valence-electron chi connectivity index (χ0n) is 12.2. The zero-order chi connectivity index (χ0) is 14.9. The summed E-state index contributed by atoms with van der Waals surface area (Å²) in [5, 5.41) is 0.291. The third kappa shape index (κ3) is 2.85. The molecule has 0 saturated carbocycles. The molecule has 0 radical (unpaired) electrons. The molecular weight excluding hydrogens is 316 g/mol. The smallest absolute Gasteiger partial charge is 0.193 e. The second-order valence-corrected chi connectivity index (χ2v) is 6.47. The molecule has 0 unspecified atom stereocenters. The molecule has 3 nitrogen and oxygen atoms in total. The topological polar surface area (TPSA) is 45.8 Å². The molecule has 4 heteroatoms. The van der Waals surface area contributed by atoms with Crippen LogP contribution in [0.2, 0.25) is 0 Å². The Kier molecular flexibility index (Phi) is 4.14. The van der Waals surface area contributed by atoms with Crippen molar-refractivity contribution in [2.75, 3.05) is 5.33 Å². The van der Waals surface area contributed by atoms with E-state index in [2.05, 4.69) is 52.7 Å². The van der Waals surface area contributed by atoms with E-state index in [1.165, 1.54) is 5.56 Å². The first-order valence-electron chi connectivity index (χ1n) is 6.60. The lowest BCUT2D eigenvalue weighted by atomic mass is 9.83. The van der Waals surface area contributed by atoms with Gasteiger partial charge in [-0.1, -0.05) is 61.0 Å². The number of benzene rings is 1. The van der Waals surface area contributed by atoms with E-state index < -0.39 is 0 Å². The Bertz CT molecular complexity index is 638. The number of carbonyl (C=O) groups excluding carboxylic acids is 1. The number of aromatic amines is 1. The molecule has 0 aliphatic rings. The van der Waals surface area contributed by atoms with Crippen molar-refractivity contribution in [1.82, 2.24) is 9.97 Å². The summed E-state index contributed by atoms with van der Waals surface area (Å²) in [5.41, 5.74) is 3.62. The van der Waals surface area contributed by atoms with E-state index >= 15 is 0 Å². The van der Waals surface area contributed by atoms with Gasteiger partial charge >= 0.3 is 0 Å². The van der Waals surface area contributed by atoms with Crippen molar-refractivity contribution in [2.45, 2.75) is 33.1 Å². The molecule has 0 spiro atoms. The van der Waals surface area contributed by atoms with Crippen LogP contribution in [-0.4, -0.2) is 21.1 Å². The lowest BCUT2D eigenvalue weighted by Gasteiger charge is -2.21. The normalized spacial score (nSPS) is 11.7. The van der Waals surface area contributed by atoms with Gasteiger partial charge in [0.25, 0.3) is 0 Å². The van der Waals surface area contributed by atoms with Gasteiger partial charge in [0.15, 0.2) is 5.78 Å². The summed E-state index contributed by atoms with van der Waals surface area (Å²) in [7, 11) is 0. The fraction of sp³-hybridized carbons (Fsp3) is 0.375. The largest absolute Gasteiger partial charge is 0.341 e. The number of ketones is 1. The number of aryl methyl sites for hydroxylation is 1. The highest BCUT2D eigenvalue weighted by Gasteiger charge is 2.21. The van der Waals surface area contributed by atoms with Gasteiger partial charge in [0.2, 0.25) is 0 Å². The zero-order valence-corrected chi connectivity index (χ0v) is 13.8. The number of aromatic nitrogens is 2. The Balaban J connectivity index is 2.56. The first-order valence-corrected chi connectivity index (χ1v) is 7.72. The minimum Gasteiger partial charge on any atom is -0.341 e. The first kappa shape index (κ1) is 15.0. The number of Topliss-reactive ketones (excluding diaryl/α,β-unsaturated/α-hetero) is 1. The number of nitrogens with one attached hydrogen (secondary N) is 1. The van der Waals surface area contributed by atoms with Gasteiger partial charge in [-0.3, -0.25) is 4.79 Å². The molecular formula is C16H19BrN2O. The van der Waals surface area contributed by atoms with Gasteiger partial charge < -0.3 is 4.98 Å². The van der Waals surface area contributed by atoms with Crippen LogP contribution in [0.5, 0.6) is 0 Å². The molecule has 1 heterocycles. The molecule has 1 aromatic heterocycles. The van der Waals surface area contributed by atoms with E-state index in [4.69, 9.17) is 0 Å². The van der Waals surface area contributed by atoms with E-state index in [-0.39, 0.29) is 11.2 Å². The molecule has 0 saturated heterocycles. The van der Waals surface area contributed by atoms with Crippen LogP contribution in [0.3, 0.4) is 0 Å². The SMILES string of the molecule is Cc1[nH]c(-c2ccccc2C(C)(C)C)nc1C(=O)CBr. The predicted octanol–water partition coefficient (Wildman–Crippen LogP) is 4.26. The van der Waals surface area contributed by atoms with Gasteiger partial charge in [-0.2, -0.15) is 0 Å². The lowest BCUT2D eigenvalue weighted by molar-refractivity contribution is 0.101. The second-order valence-electron chi connectivity index (χ2n) is 5.91. The third-order valence-electron chi connectivity index (χ3n) is 3.26. The Labute approximate surface area is 128 Å². The second kappa shape index (κ2) is 5.52. The maximum atomic E-state index is 11.8.